The van der Waals surface area contributed by atoms with E-state index < -0.39 is 0 Å². The second-order valence-electron chi connectivity index (χ2n) is 5.64. The zero-order valence-corrected chi connectivity index (χ0v) is 11.1. The third-order valence-electron chi connectivity index (χ3n) is 4.30. The molecule has 0 aliphatic heterocycles. The molecule has 3 nitrogen and oxygen atoms in total. The molecule has 0 aromatic carbocycles. The maximum atomic E-state index is 5.28. The van der Waals surface area contributed by atoms with Crippen molar-refractivity contribution in [2.24, 2.45) is 5.92 Å². The van der Waals surface area contributed by atoms with Crippen LogP contribution < -0.4 is 10.1 Å². The molecule has 2 saturated carbocycles. The molecule has 3 rings (SSSR count). The van der Waals surface area contributed by atoms with Crippen molar-refractivity contribution in [1.29, 1.82) is 0 Å². The molecule has 98 valence electrons. The summed E-state index contributed by atoms with van der Waals surface area (Å²) in [6.07, 6.45) is 10.5. The average molecular weight is 246 g/mol. The van der Waals surface area contributed by atoms with Gasteiger partial charge in [0.25, 0.3) is 0 Å². The highest BCUT2D eigenvalue weighted by atomic mass is 16.5. The summed E-state index contributed by atoms with van der Waals surface area (Å²) in [4.78, 5) is 4.30. The minimum absolute atomic E-state index is 0.666. The van der Waals surface area contributed by atoms with Gasteiger partial charge in [0.2, 0.25) is 0 Å². The van der Waals surface area contributed by atoms with Gasteiger partial charge in [0.15, 0.2) is 0 Å². The van der Waals surface area contributed by atoms with Crippen LogP contribution in [-0.2, 0) is 0 Å². The molecule has 1 N–H and O–H groups in total. The summed E-state index contributed by atoms with van der Waals surface area (Å²) in [5.41, 5.74) is 1.36. The number of hydrogen-bond donors (Lipinski definition) is 1. The molecule has 3 heteroatoms. The van der Waals surface area contributed by atoms with Crippen LogP contribution in [0.15, 0.2) is 18.5 Å². The fourth-order valence-electron chi connectivity index (χ4n) is 3.08. The smallest absolute Gasteiger partial charge is 0.137 e. The Labute approximate surface area is 109 Å². The first-order valence-electron chi connectivity index (χ1n) is 7.09. The monoisotopic (exact) mass is 246 g/mol. The molecule has 2 unspecified atom stereocenters. The van der Waals surface area contributed by atoms with E-state index in [1.54, 1.807) is 13.3 Å². The first kappa shape index (κ1) is 12.0. The average Bonchev–Trinajstić information content (AvgIpc) is 3.13. The van der Waals surface area contributed by atoms with E-state index in [4.69, 9.17) is 4.74 Å². The number of hydrogen-bond acceptors (Lipinski definition) is 3. The zero-order valence-electron chi connectivity index (χ0n) is 11.1. The predicted octanol–water partition coefficient (Wildman–Crippen LogP) is 2.73. The summed E-state index contributed by atoms with van der Waals surface area (Å²) in [5, 5.41) is 3.68. The van der Waals surface area contributed by atoms with Crippen molar-refractivity contribution in [2.75, 3.05) is 13.7 Å². The summed E-state index contributed by atoms with van der Waals surface area (Å²) in [6.45, 7) is 1.17. The van der Waals surface area contributed by atoms with E-state index >= 15 is 0 Å². The van der Waals surface area contributed by atoms with Gasteiger partial charge in [-0.3, -0.25) is 4.98 Å². The molecule has 0 amide bonds. The minimum atomic E-state index is 0.666. The van der Waals surface area contributed by atoms with Crippen molar-refractivity contribution in [2.45, 2.75) is 44.1 Å². The van der Waals surface area contributed by atoms with Gasteiger partial charge in [-0.1, -0.05) is 6.42 Å². The molecular weight excluding hydrogens is 224 g/mol. The largest absolute Gasteiger partial charge is 0.495 e. The first-order valence-corrected chi connectivity index (χ1v) is 7.09. The Morgan fingerprint density at radius 3 is 2.94 bits per heavy atom. The van der Waals surface area contributed by atoms with Crippen molar-refractivity contribution in [3.05, 3.63) is 24.0 Å². The van der Waals surface area contributed by atoms with Crippen molar-refractivity contribution in [1.82, 2.24) is 10.3 Å². The number of ether oxygens (including phenoxy) is 1. The summed E-state index contributed by atoms with van der Waals surface area (Å²) in [5.74, 6) is 2.33. The molecule has 0 bridgehead atoms. The minimum Gasteiger partial charge on any atom is -0.495 e. The van der Waals surface area contributed by atoms with Crippen molar-refractivity contribution >= 4 is 0 Å². The van der Waals surface area contributed by atoms with E-state index in [1.807, 2.05) is 6.20 Å². The van der Waals surface area contributed by atoms with Gasteiger partial charge in [-0.15, -0.1) is 0 Å². The van der Waals surface area contributed by atoms with Crippen LogP contribution in [0, 0.1) is 5.92 Å². The number of rotatable bonds is 5. The van der Waals surface area contributed by atoms with E-state index in [0.717, 1.165) is 17.7 Å². The normalized spacial score (nSPS) is 27.4. The van der Waals surface area contributed by atoms with Crippen LogP contribution in [0.25, 0.3) is 0 Å². The van der Waals surface area contributed by atoms with Crippen LogP contribution in [0.2, 0.25) is 0 Å². The van der Waals surface area contributed by atoms with Gasteiger partial charge in [0.1, 0.15) is 5.75 Å². The third kappa shape index (κ3) is 2.66. The molecule has 1 aromatic rings. The molecule has 2 aliphatic carbocycles. The molecule has 2 aliphatic rings. The number of aromatic nitrogens is 1. The van der Waals surface area contributed by atoms with E-state index in [9.17, 15) is 0 Å². The molecular formula is C15H22N2O. The van der Waals surface area contributed by atoms with E-state index in [1.165, 1.54) is 44.2 Å². The third-order valence-corrected chi connectivity index (χ3v) is 4.30. The van der Waals surface area contributed by atoms with Crippen LogP contribution in [0.1, 0.15) is 43.6 Å². The lowest BCUT2D eigenvalue weighted by molar-refractivity contribution is 0.408. The van der Waals surface area contributed by atoms with Gasteiger partial charge >= 0.3 is 0 Å². The van der Waals surface area contributed by atoms with Gasteiger partial charge in [-0.2, -0.15) is 0 Å². The molecule has 0 spiro atoms. The molecule has 2 atom stereocenters. The lowest BCUT2D eigenvalue weighted by Gasteiger charge is -2.20. The zero-order chi connectivity index (χ0) is 12.4. The van der Waals surface area contributed by atoms with E-state index in [0.29, 0.717) is 5.92 Å². The van der Waals surface area contributed by atoms with Gasteiger partial charge in [0.05, 0.1) is 13.3 Å². The summed E-state index contributed by atoms with van der Waals surface area (Å²) in [7, 11) is 1.71. The Morgan fingerprint density at radius 1 is 1.28 bits per heavy atom. The molecule has 0 radical (unpaired) electrons. The molecule has 0 saturated heterocycles. The number of pyridine rings is 1. The maximum Gasteiger partial charge on any atom is 0.137 e. The van der Waals surface area contributed by atoms with Gasteiger partial charge in [-0.25, -0.2) is 0 Å². The van der Waals surface area contributed by atoms with Gasteiger partial charge in [0, 0.05) is 12.2 Å². The molecule has 2 fully saturated rings. The Morgan fingerprint density at radius 2 is 2.17 bits per heavy atom. The summed E-state index contributed by atoms with van der Waals surface area (Å²) in [6, 6.07) is 2.97. The summed E-state index contributed by atoms with van der Waals surface area (Å²) >= 11 is 0. The van der Waals surface area contributed by atoms with Crippen LogP contribution in [-0.4, -0.2) is 24.7 Å². The number of nitrogens with one attached hydrogen (secondary N) is 1. The topological polar surface area (TPSA) is 34.1 Å². The Kier molecular flexibility index (Phi) is 3.50. The highest BCUT2D eigenvalue weighted by Crippen LogP contribution is 2.40. The molecule has 18 heavy (non-hydrogen) atoms. The molecule has 1 heterocycles. The maximum absolute atomic E-state index is 5.28. The lowest BCUT2D eigenvalue weighted by atomic mass is 9.90. The second-order valence-corrected chi connectivity index (χ2v) is 5.64. The standard InChI is InChI=1S/C15H22N2O/c1-18-14-7-12(8-16-10-14)15-4-2-3-11(15)9-17-13-5-6-13/h7-8,10-11,13,15,17H,2-6,9H2,1H3. The van der Waals surface area contributed by atoms with Crippen LogP contribution in [0.3, 0.4) is 0 Å². The first-order chi connectivity index (χ1) is 8.86. The van der Waals surface area contributed by atoms with Crippen LogP contribution in [0.5, 0.6) is 5.75 Å². The highest BCUT2D eigenvalue weighted by Gasteiger charge is 2.30. The van der Waals surface area contributed by atoms with Gasteiger partial charge < -0.3 is 10.1 Å². The SMILES string of the molecule is COc1cncc(C2CCCC2CNC2CC2)c1. The van der Waals surface area contributed by atoms with Gasteiger partial charge in [-0.05, 0) is 55.7 Å². The quantitative estimate of drug-likeness (QED) is 0.867. The van der Waals surface area contributed by atoms with Crippen molar-refractivity contribution < 1.29 is 4.74 Å². The Hall–Kier alpha value is -1.09. The van der Waals surface area contributed by atoms with E-state index in [2.05, 4.69) is 16.4 Å². The van der Waals surface area contributed by atoms with Crippen LogP contribution >= 0.6 is 0 Å². The predicted molar refractivity (Wildman–Crippen MR) is 71.9 cm³/mol. The Bertz CT molecular complexity index is 403. The number of nitrogens with zero attached hydrogens (tertiary/aromatic N) is 1. The Balaban J connectivity index is 1.67. The van der Waals surface area contributed by atoms with Crippen LogP contribution in [0.4, 0.5) is 0 Å². The fourth-order valence-corrected chi connectivity index (χ4v) is 3.08. The summed E-state index contributed by atoms with van der Waals surface area (Å²) < 4.78 is 5.28. The van der Waals surface area contributed by atoms with Crippen molar-refractivity contribution in [3.8, 4) is 5.75 Å². The highest BCUT2D eigenvalue weighted by molar-refractivity contribution is 5.27. The lowest BCUT2D eigenvalue weighted by Crippen LogP contribution is -2.26. The number of methoxy groups -OCH3 is 1. The fraction of sp³-hybridized carbons (Fsp3) is 0.667. The molecule has 1 aromatic heterocycles. The van der Waals surface area contributed by atoms with E-state index in [-0.39, 0.29) is 0 Å². The second kappa shape index (κ2) is 5.27. The van der Waals surface area contributed by atoms with Crippen molar-refractivity contribution in [3.63, 3.8) is 0 Å².